The molecule has 0 aliphatic carbocycles. The van der Waals surface area contributed by atoms with E-state index in [1.54, 1.807) is 0 Å². The number of anilines is 1. The lowest BCUT2D eigenvalue weighted by atomic mass is 10.1. The van der Waals surface area contributed by atoms with Gasteiger partial charge in [0, 0.05) is 6.61 Å². The highest BCUT2D eigenvalue weighted by Crippen LogP contribution is 2.18. The zero-order chi connectivity index (χ0) is 12.1. The molecule has 0 amide bonds. The van der Waals surface area contributed by atoms with Crippen LogP contribution in [0.3, 0.4) is 0 Å². The van der Waals surface area contributed by atoms with Crippen LogP contribution in [0.15, 0.2) is 0 Å². The Kier molecular flexibility index (Phi) is 4.73. The van der Waals surface area contributed by atoms with E-state index in [1.807, 2.05) is 4.68 Å². The van der Waals surface area contributed by atoms with E-state index in [0.29, 0.717) is 30.8 Å². The van der Waals surface area contributed by atoms with Gasteiger partial charge in [-0.2, -0.15) is 0 Å². The van der Waals surface area contributed by atoms with Crippen molar-refractivity contribution in [3.05, 3.63) is 5.69 Å². The van der Waals surface area contributed by atoms with Gasteiger partial charge in [-0.05, 0) is 11.8 Å². The summed E-state index contributed by atoms with van der Waals surface area (Å²) >= 11 is 0. The summed E-state index contributed by atoms with van der Waals surface area (Å²) in [6.07, 6.45) is 0. The smallest absolute Gasteiger partial charge is 0.169 e. The first-order chi connectivity index (χ1) is 7.52. The van der Waals surface area contributed by atoms with Gasteiger partial charge in [-0.3, -0.25) is 0 Å². The van der Waals surface area contributed by atoms with Crippen molar-refractivity contribution in [1.82, 2.24) is 15.0 Å². The minimum Gasteiger partial charge on any atom is -0.381 e. The summed E-state index contributed by atoms with van der Waals surface area (Å²) in [4.78, 5) is 0. The van der Waals surface area contributed by atoms with Crippen LogP contribution in [0.1, 0.15) is 39.3 Å². The first-order valence-corrected chi connectivity index (χ1v) is 5.79. The van der Waals surface area contributed by atoms with Crippen LogP contribution in [-0.4, -0.2) is 28.2 Å². The first-order valence-electron chi connectivity index (χ1n) is 5.79. The van der Waals surface area contributed by atoms with E-state index < -0.39 is 0 Å². The fraction of sp³-hybridized carbons (Fsp3) is 0.818. The van der Waals surface area contributed by atoms with Crippen LogP contribution < -0.4 is 5.73 Å². The third kappa shape index (κ3) is 3.48. The van der Waals surface area contributed by atoms with Gasteiger partial charge in [0.15, 0.2) is 5.82 Å². The standard InChI is InChI=1S/C11H22N4O/c1-8(2)7-16-6-5-15-10(9(3)4)11(12)13-14-15/h8-9H,5-7,12H2,1-4H3. The monoisotopic (exact) mass is 226 g/mol. The zero-order valence-corrected chi connectivity index (χ0v) is 10.6. The van der Waals surface area contributed by atoms with Crippen LogP contribution >= 0.6 is 0 Å². The molecule has 92 valence electrons. The number of aromatic nitrogens is 3. The van der Waals surface area contributed by atoms with Crippen LogP contribution in [0.4, 0.5) is 5.82 Å². The maximum Gasteiger partial charge on any atom is 0.169 e. The minimum absolute atomic E-state index is 0.333. The van der Waals surface area contributed by atoms with Gasteiger partial charge < -0.3 is 10.5 Å². The minimum atomic E-state index is 0.333. The van der Waals surface area contributed by atoms with E-state index in [0.717, 1.165) is 12.3 Å². The Morgan fingerprint density at radius 3 is 2.56 bits per heavy atom. The average Bonchev–Trinajstić information content (AvgIpc) is 2.54. The molecule has 5 nitrogen and oxygen atoms in total. The summed E-state index contributed by atoms with van der Waals surface area (Å²) in [5.74, 6) is 1.42. The van der Waals surface area contributed by atoms with Crippen LogP contribution in [0, 0.1) is 5.92 Å². The van der Waals surface area contributed by atoms with Crippen molar-refractivity contribution in [2.75, 3.05) is 18.9 Å². The lowest BCUT2D eigenvalue weighted by molar-refractivity contribution is 0.0999. The van der Waals surface area contributed by atoms with Gasteiger partial charge in [0.05, 0.1) is 18.8 Å². The summed E-state index contributed by atoms with van der Waals surface area (Å²) in [5.41, 5.74) is 6.75. The molecule has 0 bridgehead atoms. The molecule has 0 saturated heterocycles. The molecule has 0 radical (unpaired) electrons. The number of hydrogen-bond acceptors (Lipinski definition) is 4. The largest absolute Gasteiger partial charge is 0.381 e. The molecule has 1 heterocycles. The van der Waals surface area contributed by atoms with Crippen molar-refractivity contribution in [2.45, 2.75) is 40.2 Å². The van der Waals surface area contributed by atoms with Crippen molar-refractivity contribution in [1.29, 1.82) is 0 Å². The maximum atomic E-state index is 5.76. The van der Waals surface area contributed by atoms with Gasteiger partial charge in [0.25, 0.3) is 0 Å². The molecule has 1 aromatic rings. The SMILES string of the molecule is CC(C)COCCn1nnc(N)c1C(C)C. The van der Waals surface area contributed by atoms with E-state index in [4.69, 9.17) is 10.5 Å². The second kappa shape index (κ2) is 5.84. The Balaban J connectivity index is 2.48. The van der Waals surface area contributed by atoms with Crippen LogP contribution in [0.25, 0.3) is 0 Å². The van der Waals surface area contributed by atoms with Crippen molar-refractivity contribution in [3.63, 3.8) is 0 Å². The lowest BCUT2D eigenvalue weighted by Crippen LogP contribution is -2.13. The molecule has 1 aromatic heterocycles. The van der Waals surface area contributed by atoms with Gasteiger partial charge in [0.2, 0.25) is 0 Å². The number of nitrogens with two attached hydrogens (primary N) is 1. The Morgan fingerprint density at radius 1 is 1.31 bits per heavy atom. The number of ether oxygens (including phenoxy) is 1. The quantitative estimate of drug-likeness (QED) is 0.749. The Morgan fingerprint density at radius 2 is 2.00 bits per heavy atom. The van der Waals surface area contributed by atoms with Crippen molar-refractivity contribution < 1.29 is 4.74 Å². The van der Waals surface area contributed by atoms with Crippen LogP contribution in [0.5, 0.6) is 0 Å². The van der Waals surface area contributed by atoms with Crippen molar-refractivity contribution >= 4 is 5.82 Å². The lowest BCUT2D eigenvalue weighted by Gasteiger charge is -2.10. The molecular formula is C11H22N4O. The number of hydrogen-bond donors (Lipinski definition) is 1. The van der Waals surface area contributed by atoms with Crippen molar-refractivity contribution in [3.8, 4) is 0 Å². The molecule has 0 unspecified atom stereocenters. The van der Waals surface area contributed by atoms with Gasteiger partial charge in [0.1, 0.15) is 0 Å². The van der Waals surface area contributed by atoms with Gasteiger partial charge in [-0.15, -0.1) is 5.10 Å². The predicted octanol–water partition coefficient (Wildman–Crippen LogP) is 1.66. The summed E-state index contributed by atoms with van der Waals surface area (Å²) in [6.45, 7) is 10.6. The Bertz CT molecular complexity index is 320. The first kappa shape index (κ1) is 13.0. The molecule has 0 atom stereocenters. The molecule has 0 spiro atoms. The van der Waals surface area contributed by atoms with E-state index in [2.05, 4.69) is 38.0 Å². The average molecular weight is 226 g/mol. The van der Waals surface area contributed by atoms with Crippen LogP contribution in [0.2, 0.25) is 0 Å². The van der Waals surface area contributed by atoms with Gasteiger partial charge in [-0.25, -0.2) is 4.68 Å². The molecule has 0 saturated carbocycles. The van der Waals surface area contributed by atoms with E-state index >= 15 is 0 Å². The zero-order valence-electron chi connectivity index (χ0n) is 10.6. The fourth-order valence-corrected chi connectivity index (χ4v) is 1.56. The number of nitrogens with zero attached hydrogens (tertiary/aromatic N) is 3. The van der Waals surface area contributed by atoms with Crippen LogP contribution in [-0.2, 0) is 11.3 Å². The molecule has 16 heavy (non-hydrogen) atoms. The number of nitrogen functional groups attached to an aromatic ring is 1. The molecule has 0 aliphatic heterocycles. The van der Waals surface area contributed by atoms with Gasteiger partial charge in [-0.1, -0.05) is 32.9 Å². The predicted molar refractivity (Wildman–Crippen MR) is 64.2 cm³/mol. The second-order valence-electron chi connectivity index (χ2n) is 4.71. The topological polar surface area (TPSA) is 66.0 Å². The highest BCUT2D eigenvalue weighted by molar-refractivity contribution is 5.34. The summed E-state index contributed by atoms with van der Waals surface area (Å²) in [7, 11) is 0. The molecule has 5 heteroatoms. The highest BCUT2D eigenvalue weighted by atomic mass is 16.5. The van der Waals surface area contributed by atoms with Crippen molar-refractivity contribution in [2.24, 2.45) is 5.92 Å². The second-order valence-corrected chi connectivity index (χ2v) is 4.71. The normalized spacial score (nSPS) is 11.6. The Labute approximate surface area is 97.0 Å². The maximum absolute atomic E-state index is 5.76. The van der Waals surface area contributed by atoms with E-state index in [-0.39, 0.29) is 0 Å². The summed E-state index contributed by atoms with van der Waals surface area (Å²) in [5, 5.41) is 7.90. The molecule has 2 N–H and O–H groups in total. The number of rotatable bonds is 6. The van der Waals surface area contributed by atoms with Gasteiger partial charge >= 0.3 is 0 Å². The third-order valence-electron chi connectivity index (χ3n) is 2.25. The van der Waals surface area contributed by atoms with E-state index in [9.17, 15) is 0 Å². The molecular weight excluding hydrogens is 204 g/mol. The summed E-state index contributed by atoms with van der Waals surface area (Å²) < 4.78 is 7.35. The molecule has 0 aromatic carbocycles. The summed E-state index contributed by atoms with van der Waals surface area (Å²) in [6, 6.07) is 0. The third-order valence-corrected chi connectivity index (χ3v) is 2.25. The molecule has 0 aliphatic rings. The molecule has 1 rings (SSSR count). The molecule has 0 fully saturated rings. The highest BCUT2D eigenvalue weighted by Gasteiger charge is 2.13. The van der Waals surface area contributed by atoms with E-state index in [1.165, 1.54) is 0 Å². The Hall–Kier alpha value is -1.10. The fourth-order valence-electron chi connectivity index (χ4n) is 1.56.